The SMILES string of the molecule is O=C(CCCc1cccnc1)NC(Cc1c[nH]c2ccccc12)C(=O)NC1CC1. The molecule has 1 aliphatic carbocycles. The van der Waals surface area contributed by atoms with Gasteiger partial charge in [0.1, 0.15) is 6.04 Å². The number of aryl methyl sites for hydroxylation is 1. The molecule has 6 heteroatoms. The molecule has 2 aromatic heterocycles. The monoisotopic (exact) mass is 390 g/mol. The molecular formula is C23H26N4O2. The van der Waals surface area contributed by atoms with Gasteiger partial charge in [0.05, 0.1) is 0 Å². The molecule has 0 aliphatic heterocycles. The van der Waals surface area contributed by atoms with Gasteiger partial charge in [0, 0.05) is 48.4 Å². The number of nitrogens with one attached hydrogen (secondary N) is 3. The van der Waals surface area contributed by atoms with Gasteiger partial charge in [0.25, 0.3) is 0 Å². The Morgan fingerprint density at radius 2 is 2.03 bits per heavy atom. The first kappa shape index (κ1) is 19.2. The Labute approximate surface area is 170 Å². The summed E-state index contributed by atoms with van der Waals surface area (Å²) in [7, 11) is 0. The third-order valence-corrected chi connectivity index (χ3v) is 5.27. The second kappa shape index (κ2) is 8.90. The number of aromatic amines is 1. The van der Waals surface area contributed by atoms with Gasteiger partial charge >= 0.3 is 0 Å². The van der Waals surface area contributed by atoms with Crippen molar-refractivity contribution in [3.05, 3.63) is 66.1 Å². The van der Waals surface area contributed by atoms with E-state index in [0.29, 0.717) is 12.8 Å². The highest BCUT2D eigenvalue weighted by Crippen LogP contribution is 2.21. The highest BCUT2D eigenvalue weighted by Gasteiger charge is 2.29. The van der Waals surface area contributed by atoms with Crippen LogP contribution in [0.5, 0.6) is 0 Å². The lowest BCUT2D eigenvalue weighted by Gasteiger charge is -2.18. The standard InChI is InChI=1S/C23H26N4O2/c28-22(9-3-5-16-6-4-12-24-14-16)27-21(23(29)26-18-10-11-18)13-17-15-25-20-8-2-1-7-19(17)20/h1-2,4,6-8,12,14-15,18,21,25H,3,5,9-11,13H2,(H,26,29)(H,27,28). The summed E-state index contributed by atoms with van der Waals surface area (Å²) in [5.74, 6) is -0.192. The zero-order chi connectivity index (χ0) is 20.1. The summed E-state index contributed by atoms with van der Waals surface area (Å²) in [6.07, 6.45) is 9.90. The van der Waals surface area contributed by atoms with Crippen molar-refractivity contribution in [3.8, 4) is 0 Å². The minimum Gasteiger partial charge on any atom is -0.361 e. The molecule has 4 rings (SSSR count). The van der Waals surface area contributed by atoms with E-state index in [1.165, 1.54) is 0 Å². The van der Waals surface area contributed by atoms with Crippen molar-refractivity contribution in [3.63, 3.8) is 0 Å². The van der Waals surface area contributed by atoms with Crippen molar-refractivity contribution >= 4 is 22.7 Å². The molecule has 6 nitrogen and oxygen atoms in total. The largest absolute Gasteiger partial charge is 0.361 e. The zero-order valence-electron chi connectivity index (χ0n) is 16.4. The number of fused-ring (bicyclic) bond motifs is 1. The van der Waals surface area contributed by atoms with E-state index in [2.05, 4.69) is 20.6 Å². The van der Waals surface area contributed by atoms with Gasteiger partial charge in [-0.25, -0.2) is 0 Å². The molecule has 29 heavy (non-hydrogen) atoms. The molecule has 3 aromatic rings. The van der Waals surface area contributed by atoms with Crippen LogP contribution in [0.1, 0.15) is 36.8 Å². The van der Waals surface area contributed by atoms with Crippen molar-refractivity contribution in [2.24, 2.45) is 0 Å². The van der Waals surface area contributed by atoms with Gasteiger partial charge in [0.15, 0.2) is 0 Å². The van der Waals surface area contributed by atoms with Crippen molar-refractivity contribution < 1.29 is 9.59 Å². The topological polar surface area (TPSA) is 86.9 Å². The molecule has 0 spiro atoms. The van der Waals surface area contributed by atoms with Gasteiger partial charge < -0.3 is 15.6 Å². The zero-order valence-corrected chi connectivity index (χ0v) is 16.4. The second-order valence-electron chi connectivity index (χ2n) is 7.68. The van der Waals surface area contributed by atoms with Crippen LogP contribution in [0, 0.1) is 0 Å². The van der Waals surface area contributed by atoms with Crippen LogP contribution >= 0.6 is 0 Å². The summed E-state index contributed by atoms with van der Waals surface area (Å²) < 4.78 is 0. The lowest BCUT2D eigenvalue weighted by molar-refractivity contribution is -0.129. The van der Waals surface area contributed by atoms with Gasteiger partial charge in [0.2, 0.25) is 11.8 Å². The van der Waals surface area contributed by atoms with Crippen molar-refractivity contribution in [2.45, 2.75) is 50.6 Å². The fourth-order valence-electron chi connectivity index (χ4n) is 3.52. The molecule has 1 fully saturated rings. The van der Waals surface area contributed by atoms with Gasteiger partial charge in [-0.3, -0.25) is 14.6 Å². The van der Waals surface area contributed by atoms with Crippen molar-refractivity contribution in [1.29, 1.82) is 0 Å². The number of hydrogen-bond acceptors (Lipinski definition) is 3. The lowest BCUT2D eigenvalue weighted by Crippen LogP contribution is -2.48. The van der Waals surface area contributed by atoms with Gasteiger partial charge in [-0.2, -0.15) is 0 Å². The van der Waals surface area contributed by atoms with Gasteiger partial charge in [-0.15, -0.1) is 0 Å². The van der Waals surface area contributed by atoms with Crippen LogP contribution in [0.25, 0.3) is 10.9 Å². The summed E-state index contributed by atoms with van der Waals surface area (Å²) in [6, 6.07) is 11.6. The van der Waals surface area contributed by atoms with E-state index in [-0.39, 0.29) is 17.9 Å². The third kappa shape index (κ3) is 5.22. The summed E-state index contributed by atoms with van der Waals surface area (Å²) >= 11 is 0. The number of pyridine rings is 1. The Morgan fingerprint density at radius 1 is 1.17 bits per heavy atom. The molecule has 0 bridgehead atoms. The normalized spacial score (nSPS) is 14.5. The third-order valence-electron chi connectivity index (χ3n) is 5.27. The predicted molar refractivity (Wildman–Crippen MR) is 112 cm³/mol. The highest BCUT2D eigenvalue weighted by atomic mass is 16.2. The van der Waals surface area contributed by atoms with Gasteiger partial charge in [-0.1, -0.05) is 24.3 Å². The molecule has 2 amide bonds. The summed E-state index contributed by atoms with van der Waals surface area (Å²) in [5.41, 5.74) is 3.18. The predicted octanol–water partition coefficient (Wildman–Crippen LogP) is 2.89. The molecule has 0 radical (unpaired) electrons. The molecule has 3 N–H and O–H groups in total. The lowest BCUT2D eigenvalue weighted by atomic mass is 10.0. The molecule has 1 saturated carbocycles. The van der Waals surface area contributed by atoms with Crippen LogP contribution in [0.3, 0.4) is 0 Å². The number of aromatic nitrogens is 2. The molecule has 150 valence electrons. The molecule has 0 saturated heterocycles. The molecule has 1 unspecified atom stereocenters. The Kier molecular flexibility index (Phi) is 5.89. The number of carbonyl (C=O) groups excluding carboxylic acids is 2. The van der Waals surface area contributed by atoms with Crippen LogP contribution in [0.2, 0.25) is 0 Å². The number of hydrogen-bond donors (Lipinski definition) is 3. The maximum absolute atomic E-state index is 12.7. The molecule has 1 atom stereocenters. The van der Waals surface area contributed by atoms with Crippen LogP contribution in [-0.4, -0.2) is 33.9 Å². The Balaban J connectivity index is 1.38. The first-order valence-electron chi connectivity index (χ1n) is 10.2. The number of H-pyrrole nitrogens is 1. The quantitative estimate of drug-likeness (QED) is 0.525. The maximum atomic E-state index is 12.7. The van der Waals surface area contributed by atoms with Crippen molar-refractivity contribution in [2.75, 3.05) is 0 Å². The van der Waals surface area contributed by atoms with Crippen LogP contribution in [0.15, 0.2) is 55.0 Å². The number of benzene rings is 1. The van der Waals surface area contributed by atoms with E-state index >= 15 is 0 Å². The highest BCUT2D eigenvalue weighted by molar-refractivity contribution is 5.89. The Bertz CT molecular complexity index is 979. The average molecular weight is 390 g/mol. The van der Waals surface area contributed by atoms with E-state index in [1.54, 1.807) is 6.20 Å². The van der Waals surface area contributed by atoms with E-state index in [9.17, 15) is 9.59 Å². The van der Waals surface area contributed by atoms with E-state index in [0.717, 1.165) is 47.7 Å². The second-order valence-corrected chi connectivity index (χ2v) is 7.68. The fraction of sp³-hybridized carbons (Fsp3) is 0.348. The Morgan fingerprint density at radius 3 is 2.83 bits per heavy atom. The molecular weight excluding hydrogens is 364 g/mol. The first-order chi connectivity index (χ1) is 14.2. The first-order valence-corrected chi connectivity index (χ1v) is 10.2. The smallest absolute Gasteiger partial charge is 0.243 e. The minimum atomic E-state index is -0.569. The summed E-state index contributed by atoms with van der Waals surface area (Å²) in [4.78, 5) is 32.6. The van der Waals surface area contributed by atoms with E-state index in [4.69, 9.17) is 0 Å². The summed E-state index contributed by atoms with van der Waals surface area (Å²) in [5, 5.41) is 7.07. The Hall–Kier alpha value is -3.15. The number of para-hydroxylation sites is 1. The maximum Gasteiger partial charge on any atom is 0.243 e. The molecule has 2 heterocycles. The number of nitrogens with zero attached hydrogens (tertiary/aromatic N) is 1. The minimum absolute atomic E-state index is 0.0929. The van der Waals surface area contributed by atoms with E-state index < -0.39 is 6.04 Å². The summed E-state index contributed by atoms with van der Waals surface area (Å²) in [6.45, 7) is 0. The number of carbonyl (C=O) groups is 2. The number of rotatable bonds is 9. The van der Waals surface area contributed by atoms with Gasteiger partial charge in [-0.05, 0) is 48.9 Å². The molecule has 1 aromatic carbocycles. The van der Waals surface area contributed by atoms with Crippen LogP contribution < -0.4 is 10.6 Å². The van der Waals surface area contributed by atoms with Crippen LogP contribution in [0.4, 0.5) is 0 Å². The number of amides is 2. The van der Waals surface area contributed by atoms with Crippen molar-refractivity contribution in [1.82, 2.24) is 20.6 Å². The van der Waals surface area contributed by atoms with Crippen LogP contribution in [-0.2, 0) is 22.4 Å². The van der Waals surface area contributed by atoms with E-state index in [1.807, 2.05) is 48.8 Å². The fourth-order valence-corrected chi connectivity index (χ4v) is 3.52. The molecule has 1 aliphatic rings. The average Bonchev–Trinajstić information content (AvgIpc) is 3.46.